The van der Waals surface area contributed by atoms with Gasteiger partial charge in [0.15, 0.2) is 5.82 Å². The Hall–Kier alpha value is -3.78. The van der Waals surface area contributed by atoms with Crippen LogP contribution in [0.5, 0.6) is 0 Å². The summed E-state index contributed by atoms with van der Waals surface area (Å²) >= 11 is 0. The summed E-state index contributed by atoms with van der Waals surface area (Å²) in [5.74, 6) is 0.747. The first-order valence-corrected chi connectivity index (χ1v) is 13.0. The minimum atomic E-state index is -0.0394. The lowest BCUT2D eigenvalue weighted by Gasteiger charge is -2.36. The average Bonchev–Trinajstić information content (AvgIpc) is 3.47. The molecule has 2 amide bonds. The van der Waals surface area contributed by atoms with E-state index in [4.69, 9.17) is 4.74 Å². The van der Waals surface area contributed by atoms with Crippen LogP contribution in [0.4, 0.5) is 5.82 Å². The number of hydrogen-bond donors (Lipinski definition) is 0. The summed E-state index contributed by atoms with van der Waals surface area (Å²) in [6.45, 7) is 3.78. The fourth-order valence-electron chi connectivity index (χ4n) is 4.88. The first kappa shape index (κ1) is 24.9. The standard InChI is InChI=1S/C29H33N5O3/c35-28(20-23-8-3-1-4-9-23)34(21-25-12-7-19-37-25)22-29(36)33-17-15-32(16-18-33)27-14-13-26(30-31-27)24-10-5-2-6-11-24/h1-6,8-11,13-14,25H,7,12,15-22H2/t25-/m1/s1. The van der Waals surface area contributed by atoms with Crippen molar-refractivity contribution in [3.05, 3.63) is 78.4 Å². The molecule has 0 spiro atoms. The second-order valence-corrected chi connectivity index (χ2v) is 9.58. The molecule has 2 aliphatic heterocycles. The van der Waals surface area contributed by atoms with Crippen molar-refractivity contribution >= 4 is 17.6 Å². The largest absolute Gasteiger partial charge is 0.376 e. The van der Waals surface area contributed by atoms with E-state index in [1.165, 1.54) is 0 Å². The molecule has 5 rings (SSSR count). The first-order valence-electron chi connectivity index (χ1n) is 13.0. The highest BCUT2D eigenvalue weighted by molar-refractivity contribution is 5.86. The molecule has 3 aromatic rings. The molecule has 2 saturated heterocycles. The van der Waals surface area contributed by atoms with Gasteiger partial charge in [0.05, 0.1) is 24.8 Å². The van der Waals surface area contributed by atoms with Crippen LogP contribution in [0.25, 0.3) is 11.3 Å². The highest BCUT2D eigenvalue weighted by Gasteiger charge is 2.28. The van der Waals surface area contributed by atoms with Crippen LogP contribution in [0.1, 0.15) is 18.4 Å². The summed E-state index contributed by atoms with van der Waals surface area (Å²) < 4.78 is 5.77. The molecule has 2 aromatic carbocycles. The molecule has 192 valence electrons. The second-order valence-electron chi connectivity index (χ2n) is 9.58. The quantitative estimate of drug-likeness (QED) is 0.474. The highest BCUT2D eigenvalue weighted by atomic mass is 16.5. The van der Waals surface area contributed by atoms with Crippen molar-refractivity contribution < 1.29 is 14.3 Å². The van der Waals surface area contributed by atoms with Crippen molar-refractivity contribution in [2.24, 2.45) is 0 Å². The number of aromatic nitrogens is 2. The van der Waals surface area contributed by atoms with E-state index in [1.54, 1.807) is 4.90 Å². The van der Waals surface area contributed by atoms with Gasteiger partial charge in [0.2, 0.25) is 11.8 Å². The van der Waals surface area contributed by atoms with Gasteiger partial charge in [-0.3, -0.25) is 9.59 Å². The highest BCUT2D eigenvalue weighted by Crippen LogP contribution is 2.20. The maximum absolute atomic E-state index is 13.2. The monoisotopic (exact) mass is 499 g/mol. The molecule has 3 heterocycles. The topological polar surface area (TPSA) is 78.9 Å². The molecule has 2 fully saturated rings. The van der Waals surface area contributed by atoms with Gasteiger partial charge in [-0.05, 0) is 30.5 Å². The number of carbonyl (C=O) groups is 2. The molecular weight excluding hydrogens is 466 g/mol. The number of benzene rings is 2. The first-order chi connectivity index (χ1) is 18.2. The average molecular weight is 500 g/mol. The zero-order chi connectivity index (χ0) is 25.5. The Morgan fingerprint density at radius 2 is 1.62 bits per heavy atom. The van der Waals surface area contributed by atoms with Crippen LogP contribution in [0.3, 0.4) is 0 Å². The third-order valence-corrected chi connectivity index (χ3v) is 7.00. The van der Waals surface area contributed by atoms with Crippen molar-refractivity contribution in [2.75, 3.05) is 50.8 Å². The van der Waals surface area contributed by atoms with Crippen LogP contribution in [0, 0.1) is 0 Å². The lowest BCUT2D eigenvalue weighted by atomic mass is 10.1. The van der Waals surface area contributed by atoms with Gasteiger partial charge in [-0.15, -0.1) is 10.2 Å². The van der Waals surface area contributed by atoms with Crippen LogP contribution in [-0.2, 0) is 20.7 Å². The molecular formula is C29H33N5O3. The normalized spacial score (nSPS) is 17.6. The van der Waals surface area contributed by atoms with Gasteiger partial charge in [0, 0.05) is 44.9 Å². The minimum absolute atomic E-state index is 0.00167. The maximum Gasteiger partial charge on any atom is 0.242 e. The number of anilines is 1. The Morgan fingerprint density at radius 1 is 0.892 bits per heavy atom. The van der Waals surface area contributed by atoms with Gasteiger partial charge < -0.3 is 19.4 Å². The van der Waals surface area contributed by atoms with E-state index in [2.05, 4.69) is 15.1 Å². The number of rotatable bonds is 8. The zero-order valence-electron chi connectivity index (χ0n) is 21.0. The molecule has 0 N–H and O–H groups in total. The molecule has 2 aliphatic rings. The Kier molecular flexibility index (Phi) is 8.05. The lowest BCUT2D eigenvalue weighted by Crippen LogP contribution is -2.53. The fourth-order valence-corrected chi connectivity index (χ4v) is 4.88. The summed E-state index contributed by atoms with van der Waals surface area (Å²) in [5, 5.41) is 8.82. The number of hydrogen-bond acceptors (Lipinski definition) is 6. The summed E-state index contributed by atoms with van der Waals surface area (Å²) in [6, 6.07) is 23.6. The second kappa shape index (κ2) is 12.0. The molecule has 1 atom stereocenters. The van der Waals surface area contributed by atoms with Crippen molar-refractivity contribution in [1.82, 2.24) is 20.0 Å². The summed E-state index contributed by atoms with van der Waals surface area (Å²) in [7, 11) is 0. The molecule has 0 unspecified atom stereocenters. The van der Waals surface area contributed by atoms with Crippen LogP contribution in [0.15, 0.2) is 72.8 Å². The predicted molar refractivity (Wildman–Crippen MR) is 142 cm³/mol. The number of amides is 2. The van der Waals surface area contributed by atoms with E-state index < -0.39 is 0 Å². The lowest BCUT2D eigenvalue weighted by molar-refractivity contribution is -0.141. The van der Waals surface area contributed by atoms with E-state index in [-0.39, 0.29) is 30.9 Å². The van der Waals surface area contributed by atoms with Gasteiger partial charge in [0.25, 0.3) is 0 Å². The van der Waals surface area contributed by atoms with E-state index in [9.17, 15) is 9.59 Å². The molecule has 1 aromatic heterocycles. The van der Waals surface area contributed by atoms with Crippen LogP contribution < -0.4 is 4.90 Å². The van der Waals surface area contributed by atoms with Crippen molar-refractivity contribution in [2.45, 2.75) is 25.4 Å². The molecule has 0 bridgehead atoms. The minimum Gasteiger partial charge on any atom is -0.376 e. The maximum atomic E-state index is 13.2. The Bertz CT molecular complexity index is 1160. The van der Waals surface area contributed by atoms with E-state index in [0.717, 1.165) is 42.1 Å². The third-order valence-electron chi connectivity index (χ3n) is 7.00. The summed E-state index contributed by atoms with van der Waals surface area (Å²) in [5.41, 5.74) is 2.82. The van der Waals surface area contributed by atoms with Gasteiger partial charge in [-0.25, -0.2) is 0 Å². The molecule has 0 aliphatic carbocycles. The zero-order valence-corrected chi connectivity index (χ0v) is 21.0. The molecule has 8 nitrogen and oxygen atoms in total. The summed E-state index contributed by atoms with van der Waals surface area (Å²) in [6.07, 6.45) is 2.20. The van der Waals surface area contributed by atoms with Gasteiger partial charge in [-0.2, -0.15) is 0 Å². The van der Waals surface area contributed by atoms with E-state index >= 15 is 0 Å². The molecule has 0 radical (unpaired) electrons. The number of piperazine rings is 1. The third kappa shape index (κ3) is 6.51. The smallest absolute Gasteiger partial charge is 0.242 e. The van der Waals surface area contributed by atoms with Crippen LogP contribution in [0.2, 0.25) is 0 Å². The van der Waals surface area contributed by atoms with E-state index in [0.29, 0.717) is 32.7 Å². The Balaban J connectivity index is 1.17. The number of carbonyl (C=O) groups excluding carboxylic acids is 2. The molecule has 0 saturated carbocycles. The van der Waals surface area contributed by atoms with Crippen molar-refractivity contribution in [3.63, 3.8) is 0 Å². The number of ether oxygens (including phenoxy) is 1. The SMILES string of the molecule is O=C(CN(C[C@H]1CCCO1)C(=O)Cc1ccccc1)N1CCN(c2ccc(-c3ccccc3)nn2)CC1. The van der Waals surface area contributed by atoms with Crippen LogP contribution in [-0.4, -0.2) is 83.8 Å². The number of nitrogens with zero attached hydrogens (tertiary/aromatic N) is 5. The fraction of sp³-hybridized carbons (Fsp3) is 0.379. The van der Waals surface area contributed by atoms with Gasteiger partial charge >= 0.3 is 0 Å². The predicted octanol–water partition coefficient (Wildman–Crippen LogP) is 3.04. The van der Waals surface area contributed by atoms with Gasteiger partial charge in [-0.1, -0.05) is 60.7 Å². The summed E-state index contributed by atoms with van der Waals surface area (Å²) in [4.78, 5) is 32.1. The van der Waals surface area contributed by atoms with Crippen molar-refractivity contribution in [3.8, 4) is 11.3 Å². The molecule has 37 heavy (non-hydrogen) atoms. The Morgan fingerprint density at radius 3 is 2.27 bits per heavy atom. The van der Waals surface area contributed by atoms with Crippen molar-refractivity contribution in [1.29, 1.82) is 0 Å². The van der Waals surface area contributed by atoms with Crippen LogP contribution >= 0.6 is 0 Å². The van der Waals surface area contributed by atoms with E-state index in [1.807, 2.05) is 77.7 Å². The molecule has 8 heteroatoms. The Labute approximate surface area is 217 Å². The van der Waals surface area contributed by atoms with Gasteiger partial charge in [0.1, 0.15) is 0 Å².